The maximum atomic E-state index is 14.1. The van der Waals surface area contributed by atoms with Crippen LogP contribution in [0.3, 0.4) is 0 Å². The van der Waals surface area contributed by atoms with E-state index in [1.807, 2.05) is 24.3 Å². The van der Waals surface area contributed by atoms with Crippen LogP contribution in [0.5, 0.6) is 11.5 Å². The molecule has 38 heavy (non-hydrogen) atoms. The molecule has 2 aromatic carbocycles. The molecule has 0 unspecified atom stereocenters. The van der Waals surface area contributed by atoms with E-state index in [0.29, 0.717) is 36.3 Å². The van der Waals surface area contributed by atoms with Crippen molar-refractivity contribution in [2.24, 2.45) is 0 Å². The van der Waals surface area contributed by atoms with Crippen LogP contribution in [-0.2, 0) is 4.79 Å². The zero-order chi connectivity index (χ0) is 26.5. The minimum atomic E-state index is -0.921. The number of ether oxygens (including phenoxy) is 2. The highest BCUT2D eigenvalue weighted by molar-refractivity contribution is 6.09. The molecular weight excluding hydrogens is 480 g/mol. The average molecular weight is 515 g/mol. The van der Waals surface area contributed by atoms with Gasteiger partial charge in [0.25, 0.3) is 5.91 Å². The number of nitrogens with zero attached hydrogens (tertiary/aromatic N) is 3. The predicted octanol–water partition coefficient (Wildman–Crippen LogP) is 5.21. The summed E-state index contributed by atoms with van der Waals surface area (Å²) in [5.41, 5.74) is 2.54. The van der Waals surface area contributed by atoms with E-state index in [0.717, 1.165) is 36.8 Å². The molecule has 2 heterocycles. The van der Waals surface area contributed by atoms with E-state index < -0.39 is 11.9 Å². The Labute approximate surface area is 223 Å². The Morgan fingerprint density at radius 2 is 1.63 bits per heavy atom. The molecule has 5 rings (SSSR count). The lowest BCUT2D eigenvalue weighted by Crippen LogP contribution is -2.47. The topological polar surface area (TPSA) is 93.7 Å². The van der Waals surface area contributed by atoms with Gasteiger partial charge in [-0.15, -0.1) is 0 Å². The molecule has 0 bridgehead atoms. The van der Waals surface area contributed by atoms with Crippen molar-refractivity contribution >= 4 is 17.5 Å². The lowest BCUT2D eigenvalue weighted by molar-refractivity contribution is -0.123. The van der Waals surface area contributed by atoms with E-state index >= 15 is 0 Å². The lowest BCUT2D eigenvalue weighted by atomic mass is 9.94. The van der Waals surface area contributed by atoms with Crippen LogP contribution in [-0.4, -0.2) is 41.0 Å². The fourth-order valence-corrected chi connectivity index (χ4v) is 5.11. The molecule has 0 spiro atoms. The zero-order valence-corrected chi connectivity index (χ0v) is 21.9. The highest BCUT2D eigenvalue weighted by atomic mass is 16.6. The SMILES string of the molecule is CC(C)c1ccc([C@H](C(=O)NC2CCCCC2)N(C(=O)c2cnccn2)c2ccc3c(c2)OCCO3)cc1. The van der Waals surface area contributed by atoms with Gasteiger partial charge in [-0.3, -0.25) is 19.5 Å². The second-order valence-electron chi connectivity index (χ2n) is 10.2. The number of anilines is 1. The van der Waals surface area contributed by atoms with Gasteiger partial charge >= 0.3 is 0 Å². The van der Waals surface area contributed by atoms with Crippen molar-refractivity contribution in [1.82, 2.24) is 15.3 Å². The van der Waals surface area contributed by atoms with Gasteiger partial charge < -0.3 is 14.8 Å². The fourth-order valence-electron chi connectivity index (χ4n) is 5.11. The molecule has 1 N–H and O–H groups in total. The Morgan fingerprint density at radius 3 is 2.32 bits per heavy atom. The van der Waals surface area contributed by atoms with Gasteiger partial charge in [0, 0.05) is 30.2 Å². The Kier molecular flexibility index (Phi) is 7.86. The number of hydrogen-bond acceptors (Lipinski definition) is 6. The van der Waals surface area contributed by atoms with Crippen molar-refractivity contribution in [1.29, 1.82) is 0 Å². The molecule has 2 amide bonds. The third kappa shape index (κ3) is 5.64. The normalized spacial score (nSPS) is 16.1. The van der Waals surface area contributed by atoms with Crippen LogP contribution in [0.15, 0.2) is 61.1 Å². The molecule has 1 fully saturated rings. The van der Waals surface area contributed by atoms with Crippen LogP contribution in [0.4, 0.5) is 5.69 Å². The number of nitrogens with one attached hydrogen (secondary N) is 1. The van der Waals surface area contributed by atoms with Crippen LogP contribution in [0.25, 0.3) is 0 Å². The van der Waals surface area contributed by atoms with Crippen molar-refractivity contribution in [2.45, 2.75) is 64.0 Å². The molecule has 1 atom stereocenters. The molecule has 2 aliphatic rings. The summed E-state index contributed by atoms with van der Waals surface area (Å²) < 4.78 is 11.5. The molecular formula is C30H34N4O4. The lowest BCUT2D eigenvalue weighted by Gasteiger charge is -2.34. The van der Waals surface area contributed by atoms with Crippen LogP contribution in [0.2, 0.25) is 0 Å². The summed E-state index contributed by atoms with van der Waals surface area (Å²) in [5.74, 6) is 0.838. The number of aromatic nitrogens is 2. The summed E-state index contributed by atoms with van der Waals surface area (Å²) in [5, 5.41) is 3.25. The minimum absolute atomic E-state index is 0.0856. The number of rotatable bonds is 7. The number of carbonyl (C=O) groups is 2. The minimum Gasteiger partial charge on any atom is -0.486 e. The predicted molar refractivity (Wildman–Crippen MR) is 145 cm³/mol. The Morgan fingerprint density at radius 1 is 0.921 bits per heavy atom. The van der Waals surface area contributed by atoms with E-state index in [2.05, 4.69) is 29.1 Å². The summed E-state index contributed by atoms with van der Waals surface area (Å²) in [6.45, 7) is 5.13. The average Bonchev–Trinajstić information content (AvgIpc) is 2.96. The van der Waals surface area contributed by atoms with E-state index in [9.17, 15) is 9.59 Å². The Balaban J connectivity index is 1.61. The van der Waals surface area contributed by atoms with Gasteiger partial charge in [-0.2, -0.15) is 0 Å². The molecule has 1 aromatic heterocycles. The highest BCUT2D eigenvalue weighted by Gasteiger charge is 2.36. The number of hydrogen-bond donors (Lipinski definition) is 1. The van der Waals surface area contributed by atoms with Gasteiger partial charge in [-0.25, -0.2) is 4.98 Å². The van der Waals surface area contributed by atoms with Crippen molar-refractivity contribution in [3.63, 3.8) is 0 Å². The van der Waals surface area contributed by atoms with Crippen molar-refractivity contribution in [2.75, 3.05) is 18.1 Å². The Bertz CT molecular complexity index is 1260. The van der Waals surface area contributed by atoms with Crippen molar-refractivity contribution < 1.29 is 19.1 Å². The van der Waals surface area contributed by atoms with E-state index in [-0.39, 0.29) is 17.6 Å². The highest BCUT2D eigenvalue weighted by Crippen LogP contribution is 2.38. The van der Waals surface area contributed by atoms with Crippen molar-refractivity contribution in [3.05, 3.63) is 77.9 Å². The van der Waals surface area contributed by atoms with Gasteiger partial charge in [0.1, 0.15) is 24.9 Å². The maximum Gasteiger partial charge on any atom is 0.279 e. The molecule has 0 radical (unpaired) electrons. The largest absolute Gasteiger partial charge is 0.486 e. The third-order valence-corrected chi connectivity index (χ3v) is 7.18. The fraction of sp³-hybridized carbons (Fsp3) is 0.400. The first-order chi connectivity index (χ1) is 18.5. The summed E-state index contributed by atoms with van der Waals surface area (Å²) in [4.78, 5) is 38.0. The summed E-state index contributed by atoms with van der Waals surface area (Å²) in [6, 6.07) is 12.4. The van der Waals surface area contributed by atoms with E-state index in [4.69, 9.17) is 9.47 Å². The maximum absolute atomic E-state index is 14.1. The van der Waals surface area contributed by atoms with Gasteiger partial charge in [-0.1, -0.05) is 57.4 Å². The van der Waals surface area contributed by atoms with E-state index in [1.54, 1.807) is 18.2 Å². The van der Waals surface area contributed by atoms with Crippen molar-refractivity contribution in [3.8, 4) is 11.5 Å². The first-order valence-corrected chi connectivity index (χ1v) is 13.4. The molecule has 1 saturated carbocycles. The first kappa shape index (κ1) is 25.7. The van der Waals surface area contributed by atoms with E-state index in [1.165, 1.54) is 29.9 Å². The Hall–Kier alpha value is -3.94. The number of carbonyl (C=O) groups excluding carboxylic acids is 2. The summed E-state index contributed by atoms with van der Waals surface area (Å²) >= 11 is 0. The molecule has 8 nitrogen and oxygen atoms in total. The van der Waals surface area contributed by atoms with Crippen LogP contribution in [0, 0.1) is 0 Å². The third-order valence-electron chi connectivity index (χ3n) is 7.18. The number of benzene rings is 2. The van der Waals surface area contributed by atoms with Gasteiger partial charge in [-0.05, 0) is 42.0 Å². The number of fused-ring (bicyclic) bond motifs is 1. The van der Waals surface area contributed by atoms with Crippen LogP contribution >= 0.6 is 0 Å². The van der Waals surface area contributed by atoms with Crippen LogP contribution < -0.4 is 19.7 Å². The van der Waals surface area contributed by atoms with Crippen LogP contribution in [0.1, 0.15) is 79.5 Å². The summed E-state index contributed by atoms with van der Waals surface area (Å²) in [6.07, 6.45) is 9.64. The van der Waals surface area contributed by atoms with Gasteiger partial charge in [0.15, 0.2) is 11.5 Å². The molecule has 1 aliphatic carbocycles. The molecule has 3 aromatic rings. The second-order valence-corrected chi connectivity index (χ2v) is 10.2. The monoisotopic (exact) mass is 514 g/mol. The van der Waals surface area contributed by atoms with Gasteiger partial charge in [0.2, 0.25) is 5.91 Å². The standard InChI is InChI=1S/C30H34N4O4/c1-20(2)21-8-10-22(11-9-21)28(29(35)33-23-6-4-3-5-7-23)34(30(36)25-19-31-14-15-32-25)24-12-13-26-27(18-24)38-17-16-37-26/h8-15,18-20,23,28H,3-7,16-17H2,1-2H3,(H,33,35)/t28-/m1/s1. The second kappa shape index (κ2) is 11.6. The zero-order valence-electron chi connectivity index (χ0n) is 21.9. The smallest absolute Gasteiger partial charge is 0.279 e. The number of amides is 2. The summed E-state index contributed by atoms with van der Waals surface area (Å²) in [7, 11) is 0. The first-order valence-electron chi connectivity index (χ1n) is 13.4. The molecule has 8 heteroatoms. The molecule has 0 saturated heterocycles. The molecule has 198 valence electrons. The molecule has 1 aliphatic heterocycles. The quantitative estimate of drug-likeness (QED) is 0.465. The van der Waals surface area contributed by atoms with Gasteiger partial charge in [0.05, 0.1) is 6.20 Å².